The summed E-state index contributed by atoms with van der Waals surface area (Å²) in [7, 11) is 1.45. The molecule has 0 unspecified atom stereocenters. The second-order valence-corrected chi connectivity index (χ2v) is 6.81. The van der Waals surface area contributed by atoms with E-state index in [1.165, 1.54) is 13.2 Å². The first-order valence-corrected chi connectivity index (χ1v) is 9.34. The van der Waals surface area contributed by atoms with Gasteiger partial charge in [0.2, 0.25) is 0 Å². The zero-order valence-electron chi connectivity index (χ0n) is 15.1. The van der Waals surface area contributed by atoms with Gasteiger partial charge in [-0.2, -0.15) is 5.10 Å². The highest BCUT2D eigenvalue weighted by atomic mass is 32.1. The lowest BCUT2D eigenvalue weighted by Crippen LogP contribution is -2.14. The minimum absolute atomic E-state index is 0.0981. The lowest BCUT2D eigenvalue weighted by molar-refractivity contribution is 0.101. The highest BCUT2D eigenvalue weighted by molar-refractivity contribution is 7.14. The van der Waals surface area contributed by atoms with Gasteiger partial charge in [-0.25, -0.2) is 18.4 Å². The van der Waals surface area contributed by atoms with Crippen LogP contribution in [0.4, 0.5) is 13.9 Å². The summed E-state index contributed by atoms with van der Waals surface area (Å²) >= 11 is 1.16. The Labute approximate surface area is 168 Å². The Kier molecular flexibility index (Phi) is 5.05. The number of carbonyl (C=O) groups excluding carboxylic acids is 1. The molecule has 0 spiro atoms. The summed E-state index contributed by atoms with van der Waals surface area (Å²) in [6.07, 6.45) is 1.61. The van der Waals surface area contributed by atoms with Crippen LogP contribution in [0.15, 0.2) is 60.1 Å². The smallest absolute Gasteiger partial charge is 0.281 e. The number of rotatable bonds is 5. The first-order chi connectivity index (χ1) is 14.0. The molecule has 29 heavy (non-hydrogen) atoms. The number of anilines is 1. The van der Waals surface area contributed by atoms with Gasteiger partial charge in [0.25, 0.3) is 5.91 Å². The molecule has 2 aromatic carbocycles. The third-order valence-electron chi connectivity index (χ3n) is 4.08. The van der Waals surface area contributed by atoms with Gasteiger partial charge in [-0.15, -0.1) is 11.3 Å². The molecule has 2 aromatic heterocycles. The van der Waals surface area contributed by atoms with Gasteiger partial charge in [-0.1, -0.05) is 18.2 Å². The van der Waals surface area contributed by atoms with Gasteiger partial charge in [-0.05, 0) is 30.3 Å². The number of hydrogen-bond acceptors (Lipinski definition) is 5. The number of halogens is 2. The normalized spacial score (nSPS) is 10.7. The Bertz CT molecular complexity index is 1170. The predicted molar refractivity (Wildman–Crippen MR) is 106 cm³/mol. The molecule has 146 valence electrons. The molecule has 0 aliphatic heterocycles. The number of nitrogens with zero attached hydrogens (tertiary/aromatic N) is 3. The number of amides is 1. The second kappa shape index (κ2) is 7.80. The summed E-state index contributed by atoms with van der Waals surface area (Å²) in [6, 6.07) is 12.8. The van der Waals surface area contributed by atoms with Crippen LogP contribution >= 0.6 is 11.3 Å². The van der Waals surface area contributed by atoms with E-state index in [0.717, 1.165) is 29.2 Å². The highest BCUT2D eigenvalue weighted by Gasteiger charge is 2.20. The van der Waals surface area contributed by atoms with Gasteiger partial charge in [0.1, 0.15) is 0 Å². The summed E-state index contributed by atoms with van der Waals surface area (Å²) < 4.78 is 33.4. The fraction of sp³-hybridized carbons (Fsp3) is 0.0500. The number of nitrogens with one attached hydrogen (secondary N) is 1. The molecular formula is C20H14F2N4O2S. The van der Waals surface area contributed by atoms with Gasteiger partial charge in [0.15, 0.2) is 28.2 Å². The van der Waals surface area contributed by atoms with Crippen molar-refractivity contribution in [3.05, 3.63) is 77.4 Å². The minimum atomic E-state index is -0.961. The molecule has 0 saturated carbocycles. The van der Waals surface area contributed by atoms with Crippen LogP contribution in [0.25, 0.3) is 16.9 Å². The van der Waals surface area contributed by atoms with E-state index in [1.54, 1.807) is 16.3 Å². The topological polar surface area (TPSA) is 69.0 Å². The molecule has 0 bridgehead atoms. The van der Waals surface area contributed by atoms with Crippen molar-refractivity contribution in [3.8, 4) is 22.7 Å². The van der Waals surface area contributed by atoms with Gasteiger partial charge >= 0.3 is 0 Å². The molecular weight excluding hydrogens is 398 g/mol. The number of methoxy groups -OCH3 is 1. The number of para-hydroxylation sites is 1. The fourth-order valence-corrected chi connectivity index (χ4v) is 3.37. The lowest BCUT2D eigenvalue weighted by Gasteiger charge is -2.01. The standard InChI is InChI=1S/C20H14F2N4O2S/c1-28-17-10-26(13-5-3-2-4-6-13)25-18(17)19(27)24-20-23-16(11-29-20)12-7-8-14(21)15(22)9-12/h2-11H,1H3,(H,23,24,27). The van der Waals surface area contributed by atoms with Gasteiger partial charge in [0.05, 0.1) is 24.7 Å². The van der Waals surface area contributed by atoms with Crippen molar-refractivity contribution in [3.63, 3.8) is 0 Å². The van der Waals surface area contributed by atoms with Crippen molar-refractivity contribution < 1.29 is 18.3 Å². The zero-order valence-corrected chi connectivity index (χ0v) is 15.9. The van der Waals surface area contributed by atoms with Crippen LogP contribution in [0.2, 0.25) is 0 Å². The van der Waals surface area contributed by atoms with Crippen molar-refractivity contribution in [2.75, 3.05) is 12.4 Å². The number of aromatic nitrogens is 3. The van der Waals surface area contributed by atoms with E-state index in [2.05, 4.69) is 15.4 Å². The SMILES string of the molecule is COc1cn(-c2ccccc2)nc1C(=O)Nc1nc(-c2ccc(F)c(F)c2)cs1. The Morgan fingerprint density at radius 3 is 2.66 bits per heavy atom. The van der Waals surface area contributed by atoms with Crippen LogP contribution in [0, 0.1) is 11.6 Å². The molecule has 1 N–H and O–H groups in total. The monoisotopic (exact) mass is 412 g/mol. The molecule has 0 atom stereocenters. The maximum Gasteiger partial charge on any atom is 0.281 e. The fourth-order valence-electron chi connectivity index (χ4n) is 2.65. The Morgan fingerprint density at radius 2 is 1.93 bits per heavy atom. The molecule has 1 amide bonds. The van der Waals surface area contributed by atoms with Gasteiger partial charge in [0, 0.05) is 10.9 Å². The highest BCUT2D eigenvalue weighted by Crippen LogP contribution is 2.27. The van der Waals surface area contributed by atoms with Crippen molar-refractivity contribution in [1.29, 1.82) is 0 Å². The number of carbonyl (C=O) groups is 1. The van der Waals surface area contributed by atoms with E-state index in [4.69, 9.17) is 4.74 Å². The average Bonchev–Trinajstić information content (AvgIpc) is 3.38. The number of ether oxygens (including phenoxy) is 1. The van der Waals surface area contributed by atoms with Crippen molar-refractivity contribution >= 4 is 22.4 Å². The van der Waals surface area contributed by atoms with Gasteiger partial charge in [-0.3, -0.25) is 10.1 Å². The molecule has 0 radical (unpaired) electrons. The number of hydrogen-bond donors (Lipinski definition) is 1. The van der Waals surface area contributed by atoms with Gasteiger partial charge < -0.3 is 4.74 Å². The second-order valence-electron chi connectivity index (χ2n) is 5.95. The summed E-state index contributed by atoms with van der Waals surface area (Å²) in [4.78, 5) is 16.9. The van der Waals surface area contributed by atoms with E-state index < -0.39 is 17.5 Å². The largest absolute Gasteiger partial charge is 0.493 e. The Hall–Kier alpha value is -3.59. The summed E-state index contributed by atoms with van der Waals surface area (Å²) in [5.41, 5.74) is 1.71. The Balaban J connectivity index is 1.56. The molecule has 6 nitrogen and oxygen atoms in total. The maximum atomic E-state index is 13.4. The number of thiazole rings is 1. The van der Waals surface area contributed by atoms with E-state index >= 15 is 0 Å². The average molecular weight is 412 g/mol. The van der Waals surface area contributed by atoms with Crippen LogP contribution in [0.3, 0.4) is 0 Å². The lowest BCUT2D eigenvalue weighted by atomic mass is 10.2. The summed E-state index contributed by atoms with van der Waals surface area (Å²) in [5.74, 6) is -2.08. The molecule has 0 saturated heterocycles. The van der Waals surface area contributed by atoms with Crippen LogP contribution < -0.4 is 10.1 Å². The van der Waals surface area contributed by atoms with E-state index in [9.17, 15) is 13.6 Å². The molecule has 9 heteroatoms. The molecule has 2 heterocycles. The van der Waals surface area contributed by atoms with E-state index in [-0.39, 0.29) is 5.69 Å². The summed E-state index contributed by atoms with van der Waals surface area (Å²) in [5, 5.41) is 8.90. The third-order valence-corrected chi connectivity index (χ3v) is 4.83. The van der Waals surface area contributed by atoms with Crippen molar-refractivity contribution in [1.82, 2.24) is 14.8 Å². The summed E-state index contributed by atoms with van der Waals surface area (Å²) in [6.45, 7) is 0. The first-order valence-electron chi connectivity index (χ1n) is 8.46. The zero-order chi connectivity index (χ0) is 20.4. The van der Waals surface area contributed by atoms with Crippen molar-refractivity contribution in [2.45, 2.75) is 0 Å². The van der Waals surface area contributed by atoms with Crippen LogP contribution in [-0.2, 0) is 0 Å². The van der Waals surface area contributed by atoms with Crippen LogP contribution in [-0.4, -0.2) is 27.8 Å². The molecule has 4 rings (SSSR count). The number of benzene rings is 2. The molecule has 0 aliphatic rings. The van der Waals surface area contributed by atoms with Crippen molar-refractivity contribution in [2.24, 2.45) is 0 Å². The van der Waals surface area contributed by atoms with Crippen LogP contribution in [0.1, 0.15) is 10.5 Å². The van der Waals surface area contributed by atoms with Crippen LogP contribution in [0.5, 0.6) is 5.75 Å². The Morgan fingerprint density at radius 1 is 1.14 bits per heavy atom. The van der Waals surface area contributed by atoms with E-state index in [0.29, 0.717) is 22.1 Å². The molecule has 0 fully saturated rings. The third kappa shape index (κ3) is 3.85. The first kappa shape index (κ1) is 18.8. The minimum Gasteiger partial charge on any atom is -0.493 e. The molecule has 0 aliphatic carbocycles. The molecule has 4 aromatic rings. The predicted octanol–water partition coefficient (Wildman–Crippen LogP) is 4.53. The quantitative estimate of drug-likeness (QED) is 0.523. The maximum absolute atomic E-state index is 13.4. The van der Waals surface area contributed by atoms with E-state index in [1.807, 2.05) is 30.3 Å².